The van der Waals surface area contributed by atoms with Crippen LogP contribution in [0.3, 0.4) is 0 Å². The van der Waals surface area contributed by atoms with Crippen molar-refractivity contribution in [3.05, 3.63) is 70.4 Å². The minimum absolute atomic E-state index is 0.780. The van der Waals surface area contributed by atoms with Gasteiger partial charge in [0.2, 0.25) is 0 Å². The Bertz CT molecular complexity index is 794. The number of nitrogens with one attached hydrogen (secondary N) is 1. The van der Waals surface area contributed by atoms with Crippen LogP contribution in [0.1, 0.15) is 16.7 Å². The number of aryl methyl sites for hydroxylation is 2. The summed E-state index contributed by atoms with van der Waals surface area (Å²) >= 11 is 5.91. The van der Waals surface area contributed by atoms with E-state index in [0.29, 0.717) is 0 Å². The average molecular weight is 311 g/mol. The summed E-state index contributed by atoms with van der Waals surface area (Å²) in [4.78, 5) is 4.52. The van der Waals surface area contributed by atoms with Gasteiger partial charge >= 0.3 is 0 Å². The van der Waals surface area contributed by atoms with Crippen LogP contribution in [0.15, 0.2) is 48.7 Å². The topological polar surface area (TPSA) is 24.9 Å². The summed E-state index contributed by atoms with van der Waals surface area (Å²) < 4.78 is 0. The molecular formula is C19H19ClN2. The molecule has 1 aromatic heterocycles. The molecule has 0 bridgehead atoms. The van der Waals surface area contributed by atoms with E-state index in [0.717, 1.165) is 29.2 Å². The van der Waals surface area contributed by atoms with Crippen LogP contribution in [-0.2, 0) is 6.42 Å². The van der Waals surface area contributed by atoms with Crippen LogP contribution in [0.25, 0.3) is 10.9 Å². The standard InChI is InChI=1S/C19H19ClN2/c1-13-3-8-17-18(10-12-22-19(17)14(13)2)21-11-9-15-4-6-16(20)7-5-15/h3-8,10,12H,9,11H2,1-2H3,(H,21,22). The summed E-state index contributed by atoms with van der Waals surface area (Å²) in [5.41, 5.74) is 6.03. The Morgan fingerprint density at radius 1 is 1.00 bits per heavy atom. The molecule has 0 atom stereocenters. The maximum atomic E-state index is 5.91. The maximum absolute atomic E-state index is 5.91. The van der Waals surface area contributed by atoms with Crippen LogP contribution < -0.4 is 5.32 Å². The van der Waals surface area contributed by atoms with E-state index in [9.17, 15) is 0 Å². The number of nitrogens with zero attached hydrogens (tertiary/aromatic N) is 1. The summed E-state index contributed by atoms with van der Waals surface area (Å²) in [7, 11) is 0. The van der Waals surface area contributed by atoms with Gasteiger partial charge in [-0.3, -0.25) is 4.98 Å². The Kier molecular flexibility index (Phi) is 4.30. The average Bonchev–Trinajstić information content (AvgIpc) is 2.53. The van der Waals surface area contributed by atoms with E-state index < -0.39 is 0 Å². The van der Waals surface area contributed by atoms with Gasteiger partial charge in [0.15, 0.2) is 0 Å². The molecule has 0 aliphatic heterocycles. The predicted octanol–water partition coefficient (Wildman–Crippen LogP) is 5.16. The molecule has 3 rings (SSSR count). The van der Waals surface area contributed by atoms with Gasteiger partial charge < -0.3 is 5.32 Å². The van der Waals surface area contributed by atoms with Crippen molar-refractivity contribution >= 4 is 28.2 Å². The van der Waals surface area contributed by atoms with Gasteiger partial charge in [-0.1, -0.05) is 35.9 Å². The number of benzene rings is 2. The lowest BCUT2D eigenvalue weighted by atomic mass is 10.0. The molecule has 0 saturated heterocycles. The van der Waals surface area contributed by atoms with E-state index in [2.05, 4.69) is 48.4 Å². The molecule has 2 nitrogen and oxygen atoms in total. The van der Waals surface area contributed by atoms with Gasteiger partial charge in [0.1, 0.15) is 0 Å². The van der Waals surface area contributed by atoms with Crippen molar-refractivity contribution in [1.82, 2.24) is 4.98 Å². The number of hydrogen-bond donors (Lipinski definition) is 1. The first-order valence-corrected chi connectivity index (χ1v) is 7.86. The lowest BCUT2D eigenvalue weighted by molar-refractivity contribution is 1.02. The summed E-state index contributed by atoms with van der Waals surface area (Å²) in [6.07, 6.45) is 2.84. The number of aromatic nitrogens is 1. The molecule has 0 radical (unpaired) electrons. The van der Waals surface area contributed by atoms with E-state index in [1.165, 1.54) is 22.1 Å². The molecule has 1 heterocycles. The Morgan fingerprint density at radius 3 is 2.55 bits per heavy atom. The van der Waals surface area contributed by atoms with Crippen LogP contribution in [0, 0.1) is 13.8 Å². The third-order valence-corrected chi connectivity index (χ3v) is 4.33. The van der Waals surface area contributed by atoms with Gasteiger partial charge in [-0.25, -0.2) is 0 Å². The lowest BCUT2D eigenvalue weighted by Crippen LogP contribution is -2.05. The molecular weight excluding hydrogens is 292 g/mol. The second-order valence-corrected chi connectivity index (χ2v) is 6.00. The quantitative estimate of drug-likeness (QED) is 0.720. The summed E-state index contributed by atoms with van der Waals surface area (Å²) in [6, 6.07) is 14.4. The third-order valence-electron chi connectivity index (χ3n) is 4.08. The maximum Gasteiger partial charge on any atom is 0.0754 e. The third kappa shape index (κ3) is 3.07. The predicted molar refractivity (Wildman–Crippen MR) is 94.9 cm³/mol. The van der Waals surface area contributed by atoms with E-state index >= 15 is 0 Å². The zero-order chi connectivity index (χ0) is 15.5. The number of anilines is 1. The Balaban J connectivity index is 1.77. The Morgan fingerprint density at radius 2 is 1.77 bits per heavy atom. The SMILES string of the molecule is Cc1ccc2c(NCCc3ccc(Cl)cc3)ccnc2c1C. The van der Waals surface area contributed by atoms with Gasteiger partial charge in [-0.15, -0.1) is 0 Å². The highest BCUT2D eigenvalue weighted by Crippen LogP contribution is 2.25. The highest BCUT2D eigenvalue weighted by atomic mass is 35.5. The van der Waals surface area contributed by atoms with Gasteiger partial charge in [0.25, 0.3) is 0 Å². The van der Waals surface area contributed by atoms with Crippen LogP contribution in [0.4, 0.5) is 5.69 Å². The van der Waals surface area contributed by atoms with Crippen molar-refractivity contribution in [2.45, 2.75) is 20.3 Å². The first-order valence-electron chi connectivity index (χ1n) is 7.48. The van der Waals surface area contributed by atoms with Crippen molar-refractivity contribution in [2.24, 2.45) is 0 Å². The van der Waals surface area contributed by atoms with Crippen molar-refractivity contribution in [3.8, 4) is 0 Å². The normalized spacial score (nSPS) is 10.9. The summed E-state index contributed by atoms with van der Waals surface area (Å²) in [5, 5.41) is 5.49. The minimum atomic E-state index is 0.780. The molecule has 2 aromatic carbocycles. The van der Waals surface area contributed by atoms with Crippen LogP contribution in [-0.4, -0.2) is 11.5 Å². The lowest BCUT2D eigenvalue weighted by Gasteiger charge is -2.12. The van der Waals surface area contributed by atoms with Crippen LogP contribution in [0.2, 0.25) is 5.02 Å². The number of fused-ring (bicyclic) bond motifs is 1. The molecule has 1 N–H and O–H groups in total. The van der Waals surface area contributed by atoms with Crippen molar-refractivity contribution in [1.29, 1.82) is 0 Å². The van der Waals surface area contributed by atoms with Crippen molar-refractivity contribution in [3.63, 3.8) is 0 Å². The molecule has 0 spiro atoms. The molecule has 0 unspecified atom stereocenters. The summed E-state index contributed by atoms with van der Waals surface area (Å²) in [5.74, 6) is 0. The number of halogens is 1. The highest BCUT2D eigenvalue weighted by molar-refractivity contribution is 6.30. The smallest absolute Gasteiger partial charge is 0.0754 e. The van der Waals surface area contributed by atoms with Gasteiger partial charge in [-0.05, 0) is 55.2 Å². The molecule has 3 aromatic rings. The Hall–Kier alpha value is -2.06. The molecule has 0 amide bonds. The van der Waals surface area contributed by atoms with Crippen LogP contribution >= 0.6 is 11.6 Å². The molecule has 0 saturated carbocycles. The fourth-order valence-electron chi connectivity index (χ4n) is 2.61. The fourth-order valence-corrected chi connectivity index (χ4v) is 2.73. The van der Waals surface area contributed by atoms with Crippen molar-refractivity contribution < 1.29 is 0 Å². The molecule has 0 aliphatic carbocycles. The number of hydrogen-bond acceptors (Lipinski definition) is 2. The van der Waals surface area contributed by atoms with E-state index in [1.54, 1.807) is 0 Å². The van der Waals surface area contributed by atoms with Gasteiger partial charge in [0, 0.05) is 28.8 Å². The molecule has 0 fully saturated rings. The second kappa shape index (κ2) is 6.37. The van der Waals surface area contributed by atoms with E-state index in [1.807, 2.05) is 24.4 Å². The fraction of sp³-hybridized carbons (Fsp3) is 0.211. The monoisotopic (exact) mass is 310 g/mol. The van der Waals surface area contributed by atoms with Gasteiger partial charge in [-0.2, -0.15) is 0 Å². The van der Waals surface area contributed by atoms with Crippen LogP contribution in [0.5, 0.6) is 0 Å². The Labute approximate surface area is 136 Å². The molecule has 3 heteroatoms. The first-order chi connectivity index (χ1) is 10.6. The van der Waals surface area contributed by atoms with Gasteiger partial charge in [0.05, 0.1) is 5.52 Å². The number of pyridine rings is 1. The zero-order valence-electron chi connectivity index (χ0n) is 12.9. The first kappa shape index (κ1) is 14.9. The zero-order valence-corrected chi connectivity index (χ0v) is 13.6. The highest BCUT2D eigenvalue weighted by Gasteiger charge is 2.05. The largest absolute Gasteiger partial charge is 0.384 e. The molecule has 112 valence electrons. The van der Waals surface area contributed by atoms with E-state index in [-0.39, 0.29) is 0 Å². The van der Waals surface area contributed by atoms with E-state index in [4.69, 9.17) is 11.6 Å². The minimum Gasteiger partial charge on any atom is -0.384 e. The molecule has 22 heavy (non-hydrogen) atoms. The summed E-state index contributed by atoms with van der Waals surface area (Å²) in [6.45, 7) is 5.13. The van der Waals surface area contributed by atoms with Crippen molar-refractivity contribution in [2.75, 3.05) is 11.9 Å². The number of rotatable bonds is 4. The second-order valence-electron chi connectivity index (χ2n) is 5.57. The molecule has 0 aliphatic rings.